The molecule has 0 aliphatic heterocycles. The van der Waals surface area contributed by atoms with Gasteiger partial charge in [-0.05, 0) is 24.5 Å². The Hall–Kier alpha value is -2.54. The second-order valence-electron chi connectivity index (χ2n) is 6.67. The number of rotatable bonds is 9. The predicted molar refractivity (Wildman–Crippen MR) is 113 cm³/mol. The normalized spacial score (nSPS) is 10.8. The Morgan fingerprint density at radius 3 is 2.50 bits per heavy atom. The summed E-state index contributed by atoms with van der Waals surface area (Å²) in [7, 11) is 0. The number of halogens is 1. The molecule has 0 saturated carbocycles. The summed E-state index contributed by atoms with van der Waals surface area (Å²) in [5.74, 6) is -0.273. The van der Waals surface area contributed by atoms with E-state index in [1.165, 1.54) is 9.47 Å². The van der Waals surface area contributed by atoms with E-state index in [-0.39, 0.29) is 23.8 Å². The molecule has 8 heteroatoms. The van der Waals surface area contributed by atoms with Crippen LogP contribution in [0, 0.1) is 0 Å². The number of nitrogens with two attached hydrogens (primary N) is 1. The molecule has 0 fully saturated rings. The van der Waals surface area contributed by atoms with Gasteiger partial charge in [0.1, 0.15) is 5.82 Å². The maximum absolute atomic E-state index is 13.1. The highest BCUT2D eigenvalue weighted by molar-refractivity contribution is 6.31. The Kier molecular flexibility index (Phi) is 7.87. The van der Waals surface area contributed by atoms with Crippen LogP contribution >= 0.6 is 11.6 Å². The van der Waals surface area contributed by atoms with Crippen molar-refractivity contribution in [2.75, 3.05) is 17.2 Å². The van der Waals surface area contributed by atoms with Gasteiger partial charge in [0.05, 0.1) is 6.42 Å². The highest BCUT2D eigenvalue weighted by atomic mass is 35.5. The maximum Gasteiger partial charge on any atom is 0.330 e. The van der Waals surface area contributed by atoms with Crippen molar-refractivity contribution < 1.29 is 4.79 Å². The zero-order valence-corrected chi connectivity index (χ0v) is 17.1. The number of benzene rings is 1. The van der Waals surface area contributed by atoms with Crippen LogP contribution in [0.5, 0.6) is 0 Å². The van der Waals surface area contributed by atoms with Gasteiger partial charge in [-0.2, -0.15) is 0 Å². The molecule has 0 spiro atoms. The van der Waals surface area contributed by atoms with Crippen molar-refractivity contribution in [1.82, 2.24) is 9.55 Å². The molecule has 1 aromatic heterocycles. The fraction of sp³-hybridized carbons (Fsp3) is 0.450. The molecule has 28 heavy (non-hydrogen) atoms. The Morgan fingerprint density at radius 1 is 1.18 bits per heavy atom. The number of aromatic amines is 1. The Labute approximate surface area is 169 Å². The first-order valence-corrected chi connectivity index (χ1v) is 9.94. The lowest BCUT2D eigenvalue weighted by Gasteiger charge is -2.24. The van der Waals surface area contributed by atoms with Gasteiger partial charge in [0.15, 0.2) is 5.69 Å². The molecule has 3 N–H and O–H groups in total. The molecule has 2 rings (SSSR count). The summed E-state index contributed by atoms with van der Waals surface area (Å²) < 4.78 is 1.32. The van der Waals surface area contributed by atoms with Crippen LogP contribution in [-0.2, 0) is 17.8 Å². The molecule has 0 radical (unpaired) electrons. The highest BCUT2D eigenvalue weighted by Gasteiger charge is 2.24. The van der Waals surface area contributed by atoms with Crippen LogP contribution in [0.3, 0.4) is 0 Å². The van der Waals surface area contributed by atoms with Crippen molar-refractivity contribution in [2.45, 2.75) is 52.5 Å². The van der Waals surface area contributed by atoms with E-state index in [0.717, 1.165) is 19.3 Å². The number of nitrogen functional groups attached to an aromatic ring is 1. The molecule has 0 saturated heterocycles. The number of anilines is 2. The van der Waals surface area contributed by atoms with Crippen LogP contribution in [0.25, 0.3) is 0 Å². The summed E-state index contributed by atoms with van der Waals surface area (Å²) in [5, 5.41) is 0.487. The van der Waals surface area contributed by atoms with Crippen molar-refractivity contribution in [2.24, 2.45) is 0 Å². The first kappa shape index (κ1) is 21.8. The fourth-order valence-electron chi connectivity index (χ4n) is 2.95. The third-order valence-corrected chi connectivity index (χ3v) is 4.92. The molecule has 0 atom stereocenters. The van der Waals surface area contributed by atoms with Gasteiger partial charge < -0.3 is 10.6 Å². The number of nitrogens with one attached hydrogen (secondary N) is 1. The number of aromatic nitrogens is 2. The molecule has 7 nitrogen and oxygen atoms in total. The number of nitrogens with zero attached hydrogens (tertiary/aromatic N) is 2. The van der Waals surface area contributed by atoms with Gasteiger partial charge >= 0.3 is 5.69 Å². The number of carbonyl (C=O) groups is 1. The summed E-state index contributed by atoms with van der Waals surface area (Å²) >= 11 is 6.18. The first-order valence-electron chi connectivity index (χ1n) is 9.57. The largest absolute Gasteiger partial charge is 0.383 e. The van der Waals surface area contributed by atoms with Crippen molar-refractivity contribution in [3.63, 3.8) is 0 Å². The Morgan fingerprint density at radius 2 is 1.86 bits per heavy atom. The minimum atomic E-state index is -0.654. The van der Waals surface area contributed by atoms with Crippen LogP contribution in [0.15, 0.2) is 33.9 Å². The van der Waals surface area contributed by atoms with Crippen LogP contribution < -0.4 is 21.9 Å². The van der Waals surface area contributed by atoms with E-state index >= 15 is 0 Å². The summed E-state index contributed by atoms with van der Waals surface area (Å²) in [5.41, 5.74) is 5.67. The number of H-pyrrole nitrogens is 1. The summed E-state index contributed by atoms with van der Waals surface area (Å²) in [6, 6.07) is 7.08. The molecule has 152 valence electrons. The van der Waals surface area contributed by atoms with Crippen LogP contribution in [0.4, 0.5) is 11.5 Å². The SMILES string of the molecule is CCCCN(C(=O)Cc1ccccc1Cl)c1c(N)n(CCCC)c(=O)[nH]c1=O. The van der Waals surface area contributed by atoms with Gasteiger partial charge in [0.25, 0.3) is 5.56 Å². The Bertz CT molecular complexity index is 936. The minimum absolute atomic E-state index is 0.0193. The summed E-state index contributed by atoms with van der Waals surface area (Å²) in [6.45, 7) is 4.70. The molecule has 1 aromatic carbocycles. The number of amides is 1. The van der Waals surface area contributed by atoms with Gasteiger partial charge in [-0.25, -0.2) is 4.79 Å². The molecule has 0 aliphatic carbocycles. The van der Waals surface area contributed by atoms with E-state index in [0.29, 0.717) is 30.1 Å². The summed E-state index contributed by atoms with van der Waals surface area (Å²) in [4.78, 5) is 41.4. The second kappa shape index (κ2) is 10.1. The maximum atomic E-state index is 13.1. The third kappa shape index (κ3) is 5.04. The molecule has 0 bridgehead atoms. The van der Waals surface area contributed by atoms with E-state index in [1.807, 2.05) is 13.8 Å². The van der Waals surface area contributed by atoms with Crippen LogP contribution in [-0.4, -0.2) is 22.0 Å². The van der Waals surface area contributed by atoms with Crippen molar-refractivity contribution >= 4 is 29.0 Å². The van der Waals surface area contributed by atoms with Gasteiger partial charge in [0, 0.05) is 18.1 Å². The Balaban J connectivity index is 2.47. The molecule has 1 amide bonds. The minimum Gasteiger partial charge on any atom is -0.383 e. The van der Waals surface area contributed by atoms with Crippen molar-refractivity contribution in [1.29, 1.82) is 0 Å². The second-order valence-corrected chi connectivity index (χ2v) is 7.07. The van der Waals surface area contributed by atoms with Crippen LogP contribution in [0.1, 0.15) is 45.1 Å². The predicted octanol–water partition coefficient (Wildman–Crippen LogP) is 2.95. The molecule has 0 aliphatic rings. The zero-order chi connectivity index (χ0) is 20.7. The number of carbonyl (C=O) groups excluding carboxylic acids is 1. The van der Waals surface area contributed by atoms with Gasteiger partial charge in [-0.1, -0.05) is 56.5 Å². The molecule has 1 heterocycles. The summed E-state index contributed by atoms with van der Waals surface area (Å²) in [6.07, 6.45) is 3.17. The average molecular weight is 407 g/mol. The highest BCUT2D eigenvalue weighted by Crippen LogP contribution is 2.21. The molecular weight excluding hydrogens is 380 g/mol. The first-order chi connectivity index (χ1) is 13.4. The van der Waals surface area contributed by atoms with E-state index in [4.69, 9.17) is 17.3 Å². The van der Waals surface area contributed by atoms with E-state index in [9.17, 15) is 14.4 Å². The van der Waals surface area contributed by atoms with E-state index in [2.05, 4.69) is 4.98 Å². The zero-order valence-electron chi connectivity index (χ0n) is 16.3. The van der Waals surface area contributed by atoms with Crippen molar-refractivity contribution in [3.8, 4) is 0 Å². The molecule has 2 aromatic rings. The number of hydrogen-bond donors (Lipinski definition) is 2. The van der Waals surface area contributed by atoms with Gasteiger partial charge in [-0.15, -0.1) is 0 Å². The number of unbranched alkanes of at least 4 members (excludes halogenated alkanes) is 2. The average Bonchev–Trinajstić information content (AvgIpc) is 2.65. The molecular formula is C20H27ClN4O3. The van der Waals surface area contributed by atoms with Crippen molar-refractivity contribution in [3.05, 3.63) is 55.7 Å². The van der Waals surface area contributed by atoms with Crippen LogP contribution in [0.2, 0.25) is 5.02 Å². The lowest BCUT2D eigenvalue weighted by molar-refractivity contribution is -0.118. The fourth-order valence-corrected chi connectivity index (χ4v) is 3.16. The van der Waals surface area contributed by atoms with Gasteiger partial charge in [-0.3, -0.25) is 19.1 Å². The monoisotopic (exact) mass is 406 g/mol. The lowest BCUT2D eigenvalue weighted by atomic mass is 10.1. The third-order valence-electron chi connectivity index (χ3n) is 4.56. The molecule has 0 unspecified atom stereocenters. The number of hydrogen-bond acceptors (Lipinski definition) is 4. The van der Waals surface area contributed by atoms with E-state index in [1.54, 1.807) is 24.3 Å². The quantitative estimate of drug-likeness (QED) is 0.668. The smallest absolute Gasteiger partial charge is 0.330 e. The van der Waals surface area contributed by atoms with Gasteiger partial charge in [0.2, 0.25) is 5.91 Å². The standard InChI is InChI=1S/C20H27ClN4O3/c1-3-5-11-24(16(26)13-14-9-7-8-10-15(14)21)17-18(22)25(12-6-4-2)20(28)23-19(17)27/h7-10H,3-6,11-13,22H2,1-2H3,(H,23,27,28). The van der Waals surface area contributed by atoms with E-state index < -0.39 is 11.2 Å². The lowest BCUT2D eigenvalue weighted by Crippen LogP contribution is -2.42. The topological polar surface area (TPSA) is 101 Å².